The Morgan fingerprint density at radius 3 is 2.80 bits per heavy atom. The van der Waals surface area contributed by atoms with Crippen LogP contribution in [-0.4, -0.2) is 21.4 Å². The monoisotopic (exact) mass is 225 g/mol. The van der Waals surface area contributed by atoms with Crippen molar-refractivity contribution in [1.82, 2.24) is 15.3 Å². The third-order valence-electron chi connectivity index (χ3n) is 2.71. The van der Waals surface area contributed by atoms with Gasteiger partial charge in [0.15, 0.2) is 0 Å². The van der Waals surface area contributed by atoms with Crippen LogP contribution < -0.4 is 5.32 Å². The van der Waals surface area contributed by atoms with Crippen molar-refractivity contribution in [2.24, 2.45) is 0 Å². The summed E-state index contributed by atoms with van der Waals surface area (Å²) in [4.78, 5) is 19.5. The van der Waals surface area contributed by atoms with E-state index in [1.165, 1.54) is 12.4 Å². The molecule has 0 atom stereocenters. The zero-order valence-electron chi connectivity index (χ0n) is 8.46. The summed E-state index contributed by atoms with van der Waals surface area (Å²) >= 11 is 5.65. The summed E-state index contributed by atoms with van der Waals surface area (Å²) in [5.41, 5.74) is 0.205. The highest BCUT2D eigenvalue weighted by molar-refractivity contribution is 6.29. The predicted octanol–water partition coefficient (Wildman–Crippen LogP) is 1.80. The van der Waals surface area contributed by atoms with Crippen LogP contribution in [0.15, 0.2) is 12.4 Å². The molecule has 1 aliphatic rings. The summed E-state index contributed by atoms with van der Waals surface area (Å²) in [7, 11) is 0. The highest BCUT2D eigenvalue weighted by atomic mass is 35.5. The van der Waals surface area contributed by atoms with Gasteiger partial charge in [-0.1, -0.05) is 11.6 Å². The van der Waals surface area contributed by atoms with Gasteiger partial charge in [0.05, 0.1) is 12.4 Å². The molecule has 0 saturated heterocycles. The summed E-state index contributed by atoms with van der Waals surface area (Å²) in [5, 5.41) is 3.17. The Bertz CT molecular complexity index is 390. The Morgan fingerprint density at radius 1 is 1.53 bits per heavy atom. The van der Waals surface area contributed by atoms with Gasteiger partial charge >= 0.3 is 0 Å². The van der Waals surface area contributed by atoms with E-state index in [9.17, 15) is 4.79 Å². The number of carbonyl (C=O) groups is 1. The lowest BCUT2D eigenvalue weighted by Gasteiger charge is -2.38. The van der Waals surface area contributed by atoms with E-state index < -0.39 is 0 Å². The molecule has 15 heavy (non-hydrogen) atoms. The summed E-state index contributed by atoms with van der Waals surface area (Å²) in [6.45, 7) is 2.03. The summed E-state index contributed by atoms with van der Waals surface area (Å²) in [5.74, 6) is -0.202. The minimum Gasteiger partial charge on any atom is -0.345 e. The molecule has 5 heteroatoms. The minimum absolute atomic E-state index is 0.0684. The van der Waals surface area contributed by atoms with Crippen molar-refractivity contribution >= 4 is 17.5 Å². The van der Waals surface area contributed by atoms with E-state index in [1.54, 1.807) is 0 Å². The highest BCUT2D eigenvalue weighted by Gasteiger charge is 2.33. The molecule has 0 radical (unpaired) electrons. The lowest BCUT2D eigenvalue weighted by atomic mass is 9.78. The molecule has 1 N–H and O–H groups in total. The van der Waals surface area contributed by atoms with E-state index >= 15 is 0 Å². The summed E-state index contributed by atoms with van der Waals surface area (Å²) in [6, 6.07) is 0. The molecule has 0 spiro atoms. The van der Waals surface area contributed by atoms with Crippen LogP contribution in [0.1, 0.15) is 36.7 Å². The van der Waals surface area contributed by atoms with Crippen LogP contribution in [0.4, 0.5) is 0 Å². The number of hydrogen-bond acceptors (Lipinski definition) is 3. The number of aromatic nitrogens is 2. The molecule has 0 aliphatic heterocycles. The van der Waals surface area contributed by atoms with Gasteiger partial charge in [-0.15, -0.1) is 0 Å². The van der Waals surface area contributed by atoms with Gasteiger partial charge in [0, 0.05) is 5.54 Å². The van der Waals surface area contributed by atoms with Crippen molar-refractivity contribution in [3.05, 3.63) is 23.2 Å². The molecule has 1 aromatic heterocycles. The number of amides is 1. The van der Waals surface area contributed by atoms with E-state index in [0.29, 0.717) is 0 Å². The molecular weight excluding hydrogens is 214 g/mol. The second-order valence-electron chi connectivity index (χ2n) is 4.10. The second-order valence-corrected chi connectivity index (χ2v) is 4.48. The highest BCUT2D eigenvalue weighted by Crippen LogP contribution is 2.31. The molecule has 1 saturated carbocycles. The van der Waals surface area contributed by atoms with Crippen molar-refractivity contribution in [3.63, 3.8) is 0 Å². The molecular formula is C10H12ClN3O. The van der Waals surface area contributed by atoms with Crippen molar-refractivity contribution in [2.45, 2.75) is 31.7 Å². The van der Waals surface area contributed by atoms with Gasteiger partial charge in [-0.05, 0) is 26.2 Å². The van der Waals surface area contributed by atoms with E-state index in [4.69, 9.17) is 11.6 Å². The number of rotatable bonds is 2. The van der Waals surface area contributed by atoms with Crippen LogP contribution in [0.3, 0.4) is 0 Å². The van der Waals surface area contributed by atoms with Crippen LogP contribution >= 0.6 is 11.6 Å². The van der Waals surface area contributed by atoms with Gasteiger partial charge in [-0.25, -0.2) is 4.98 Å². The third-order valence-corrected chi connectivity index (χ3v) is 2.89. The van der Waals surface area contributed by atoms with Crippen LogP contribution in [0.5, 0.6) is 0 Å². The third kappa shape index (κ3) is 2.26. The lowest BCUT2D eigenvalue weighted by Crippen LogP contribution is -2.51. The van der Waals surface area contributed by atoms with Crippen LogP contribution in [0, 0.1) is 0 Å². The first-order chi connectivity index (χ1) is 7.09. The molecule has 0 unspecified atom stereocenters. The van der Waals surface area contributed by atoms with Crippen LogP contribution in [-0.2, 0) is 0 Å². The number of nitrogens with one attached hydrogen (secondary N) is 1. The molecule has 1 aliphatic carbocycles. The molecule has 1 aromatic rings. The number of halogens is 1. The summed E-state index contributed by atoms with van der Waals surface area (Å²) in [6.07, 6.45) is 6.03. The first-order valence-corrected chi connectivity index (χ1v) is 5.27. The Kier molecular flexibility index (Phi) is 2.61. The second kappa shape index (κ2) is 3.77. The molecule has 0 bridgehead atoms. The maximum atomic E-state index is 11.7. The maximum Gasteiger partial charge on any atom is 0.271 e. The average Bonchev–Trinajstić information content (AvgIpc) is 2.15. The van der Waals surface area contributed by atoms with Gasteiger partial charge in [0.2, 0.25) is 0 Å². The fourth-order valence-electron chi connectivity index (χ4n) is 1.62. The molecule has 1 heterocycles. The normalized spacial score (nSPS) is 18.0. The SMILES string of the molecule is CC1(NC(=O)c2cncc(Cl)n2)CCC1. The van der Waals surface area contributed by atoms with E-state index in [-0.39, 0.29) is 22.3 Å². The van der Waals surface area contributed by atoms with E-state index in [1.807, 2.05) is 6.92 Å². The van der Waals surface area contributed by atoms with Crippen molar-refractivity contribution in [3.8, 4) is 0 Å². The molecule has 2 rings (SSSR count). The van der Waals surface area contributed by atoms with Gasteiger partial charge in [-0.3, -0.25) is 9.78 Å². The van der Waals surface area contributed by atoms with Crippen molar-refractivity contribution in [2.75, 3.05) is 0 Å². The van der Waals surface area contributed by atoms with Crippen molar-refractivity contribution in [1.29, 1.82) is 0 Å². The largest absolute Gasteiger partial charge is 0.345 e. The standard InChI is InChI=1S/C10H12ClN3O/c1-10(3-2-4-10)14-9(15)7-5-12-6-8(11)13-7/h5-6H,2-4H2,1H3,(H,14,15). The Hall–Kier alpha value is -1.16. The zero-order chi connectivity index (χ0) is 10.9. The fourth-order valence-corrected chi connectivity index (χ4v) is 1.77. The Morgan fingerprint density at radius 2 is 2.27 bits per heavy atom. The van der Waals surface area contributed by atoms with Crippen molar-refractivity contribution < 1.29 is 4.79 Å². The van der Waals surface area contributed by atoms with Crippen LogP contribution in [0.25, 0.3) is 0 Å². The quantitative estimate of drug-likeness (QED) is 0.835. The average molecular weight is 226 g/mol. The van der Waals surface area contributed by atoms with E-state index in [2.05, 4.69) is 15.3 Å². The molecule has 4 nitrogen and oxygen atoms in total. The summed E-state index contributed by atoms with van der Waals surface area (Å²) < 4.78 is 0. The zero-order valence-corrected chi connectivity index (χ0v) is 9.21. The Labute approximate surface area is 93.1 Å². The van der Waals surface area contributed by atoms with E-state index in [0.717, 1.165) is 19.3 Å². The smallest absolute Gasteiger partial charge is 0.271 e. The maximum absolute atomic E-state index is 11.7. The number of carbonyl (C=O) groups excluding carboxylic acids is 1. The van der Waals surface area contributed by atoms with Gasteiger partial charge in [0.25, 0.3) is 5.91 Å². The fraction of sp³-hybridized carbons (Fsp3) is 0.500. The Balaban J connectivity index is 2.08. The number of hydrogen-bond donors (Lipinski definition) is 1. The number of nitrogens with zero attached hydrogens (tertiary/aromatic N) is 2. The minimum atomic E-state index is -0.202. The molecule has 80 valence electrons. The van der Waals surface area contributed by atoms with Crippen LogP contribution in [0.2, 0.25) is 5.15 Å². The lowest BCUT2D eigenvalue weighted by molar-refractivity contribution is 0.0845. The molecule has 1 fully saturated rings. The molecule has 1 amide bonds. The first kappa shape index (κ1) is 10.4. The topological polar surface area (TPSA) is 54.9 Å². The van der Waals surface area contributed by atoms with Gasteiger partial charge in [-0.2, -0.15) is 0 Å². The first-order valence-electron chi connectivity index (χ1n) is 4.89. The van der Waals surface area contributed by atoms with Gasteiger partial charge in [0.1, 0.15) is 10.8 Å². The van der Waals surface area contributed by atoms with Gasteiger partial charge < -0.3 is 5.32 Å². The molecule has 0 aromatic carbocycles. The predicted molar refractivity (Wildman–Crippen MR) is 56.8 cm³/mol.